The fourth-order valence-corrected chi connectivity index (χ4v) is 3.24. The number of rotatable bonds is 5. The minimum atomic E-state index is -0.315. The maximum Gasteiger partial charge on any atom is 0.336 e. The summed E-state index contributed by atoms with van der Waals surface area (Å²) in [5, 5.41) is 0.981. The van der Waals surface area contributed by atoms with E-state index in [1.54, 1.807) is 6.07 Å². The fraction of sp³-hybridized carbons (Fsp3) is 0.474. The molecule has 6 heteroatoms. The second-order valence-corrected chi connectivity index (χ2v) is 6.36. The van der Waals surface area contributed by atoms with Crippen molar-refractivity contribution in [2.24, 2.45) is 0 Å². The van der Waals surface area contributed by atoms with Gasteiger partial charge in [-0.25, -0.2) is 4.79 Å². The van der Waals surface area contributed by atoms with Gasteiger partial charge in [0.1, 0.15) is 12.2 Å². The number of carbonyl (C=O) groups excluding carboxylic acids is 1. The van der Waals surface area contributed by atoms with Gasteiger partial charge in [0.25, 0.3) is 0 Å². The summed E-state index contributed by atoms with van der Waals surface area (Å²) in [6, 6.07) is 7.63. The van der Waals surface area contributed by atoms with Gasteiger partial charge in [-0.2, -0.15) is 0 Å². The van der Waals surface area contributed by atoms with Crippen molar-refractivity contribution < 1.29 is 13.9 Å². The molecule has 1 aliphatic rings. The summed E-state index contributed by atoms with van der Waals surface area (Å²) in [7, 11) is 1.53. The Morgan fingerprint density at radius 1 is 1.20 bits per heavy atom. The van der Waals surface area contributed by atoms with E-state index in [4.69, 9.17) is 9.15 Å². The molecule has 25 heavy (non-hydrogen) atoms. The van der Waals surface area contributed by atoms with Crippen LogP contribution in [0, 0.1) is 0 Å². The largest absolute Gasteiger partial charge is 0.423 e. The minimum Gasteiger partial charge on any atom is -0.423 e. The number of amides is 1. The van der Waals surface area contributed by atoms with Crippen LogP contribution in [0.3, 0.4) is 0 Å². The van der Waals surface area contributed by atoms with Crippen molar-refractivity contribution in [3.63, 3.8) is 0 Å². The Kier molecular flexibility index (Phi) is 5.50. The summed E-state index contributed by atoms with van der Waals surface area (Å²) in [4.78, 5) is 27.9. The highest BCUT2D eigenvalue weighted by molar-refractivity contribution is 5.81. The Morgan fingerprint density at radius 2 is 1.96 bits per heavy atom. The molecule has 1 fully saturated rings. The van der Waals surface area contributed by atoms with Gasteiger partial charge in [-0.1, -0.05) is 19.1 Å². The molecule has 0 spiro atoms. The number of hydrogen-bond donors (Lipinski definition) is 0. The molecule has 0 N–H and O–H groups in total. The third-order valence-corrected chi connectivity index (χ3v) is 4.69. The molecule has 6 nitrogen and oxygen atoms in total. The van der Waals surface area contributed by atoms with Crippen LogP contribution < -0.4 is 5.63 Å². The quantitative estimate of drug-likeness (QED) is 0.772. The summed E-state index contributed by atoms with van der Waals surface area (Å²) in [5.41, 5.74) is 2.46. The number of methoxy groups -OCH3 is 1. The zero-order valence-corrected chi connectivity index (χ0v) is 14.8. The number of aryl methyl sites for hydroxylation is 1. The number of fused-ring (bicyclic) bond motifs is 1. The van der Waals surface area contributed by atoms with Crippen molar-refractivity contribution in [3.05, 3.63) is 45.8 Å². The summed E-state index contributed by atoms with van der Waals surface area (Å²) >= 11 is 0. The van der Waals surface area contributed by atoms with E-state index < -0.39 is 0 Å². The molecular formula is C19H24N2O4. The third kappa shape index (κ3) is 4.08. The zero-order chi connectivity index (χ0) is 17.8. The molecule has 0 atom stereocenters. The van der Waals surface area contributed by atoms with Crippen LogP contribution in [0.25, 0.3) is 11.0 Å². The van der Waals surface area contributed by atoms with Gasteiger partial charge in [0, 0.05) is 51.3 Å². The average Bonchev–Trinajstić information content (AvgIpc) is 2.61. The Hall–Kier alpha value is -2.18. The lowest BCUT2D eigenvalue weighted by Crippen LogP contribution is -2.49. The van der Waals surface area contributed by atoms with Crippen molar-refractivity contribution in [1.29, 1.82) is 0 Å². The standard InChI is InChI=1S/C19H24N2O4/c1-3-14-4-5-16-15(11-19(23)25-17(16)10-14)12-20-6-8-21(9-7-20)18(22)13-24-2/h4-5,10-11H,3,6-9,12-13H2,1-2H3. The zero-order valence-electron chi connectivity index (χ0n) is 14.8. The lowest BCUT2D eigenvalue weighted by Gasteiger charge is -2.34. The van der Waals surface area contributed by atoms with Crippen LogP contribution in [0.4, 0.5) is 0 Å². The molecule has 1 aromatic carbocycles. The van der Waals surface area contributed by atoms with Gasteiger partial charge in [-0.15, -0.1) is 0 Å². The number of carbonyl (C=O) groups is 1. The van der Waals surface area contributed by atoms with Gasteiger partial charge in [0.2, 0.25) is 5.91 Å². The monoisotopic (exact) mass is 344 g/mol. The molecule has 1 saturated heterocycles. The van der Waals surface area contributed by atoms with Crippen LogP contribution in [-0.2, 0) is 22.5 Å². The Bertz CT molecular complexity index is 807. The molecule has 3 rings (SSSR count). The Morgan fingerprint density at radius 3 is 2.64 bits per heavy atom. The molecular weight excluding hydrogens is 320 g/mol. The van der Waals surface area contributed by atoms with Crippen molar-refractivity contribution in [3.8, 4) is 0 Å². The van der Waals surface area contributed by atoms with E-state index in [-0.39, 0.29) is 18.1 Å². The van der Waals surface area contributed by atoms with Crippen LogP contribution in [0.2, 0.25) is 0 Å². The first kappa shape index (κ1) is 17.6. The highest BCUT2D eigenvalue weighted by Crippen LogP contribution is 2.21. The topological polar surface area (TPSA) is 63.0 Å². The molecule has 2 heterocycles. The maximum absolute atomic E-state index is 11.9. The maximum atomic E-state index is 11.9. The van der Waals surface area contributed by atoms with E-state index in [0.29, 0.717) is 25.2 Å². The molecule has 0 unspecified atom stereocenters. The van der Waals surface area contributed by atoms with E-state index >= 15 is 0 Å². The second-order valence-electron chi connectivity index (χ2n) is 6.36. The lowest BCUT2D eigenvalue weighted by atomic mass is 10.1. The fourth-order valence-electron chi connectivity index (χ4n) is 3.24. The van der Waals surface area contributed by atoms with Gasteiger partial charge in [0.15, 0.2) is 0 Å². The van der Waals surface area contributed by atoms with E-state index in [2.05, 4.69) is 17.9 Å². The highest BCUT2D eigenvalue weighted by atomic mass is 16.5. The number of piperazine rings is 1. The minimum absolute atomic E-state index is 0.0278. The molecule has 1 aromatic heterocycles. The SMILES string of the molecule is CCc1ccc2c(CN3CCN(C(=O)COC)CC3)cc(=O)oc2c1. The molecule has 2 aromatic rings. The van der Waals surface area contributed by atoms with E-state index in [9.17, 15) is 9.59 Å². The average molecular weight is 344 g/mol. The normalized spacial score (nSPS) is 15.7. The van der Waals surface area contributed by atoms with E-state index in [1.165, 1.54) is 7.11 Å². The van der Waals surface area contributed by atoms with E-state index in [1.807, 2.05) is 17.0 Å². The van der Waals surface area contributed by atoms with Gasteiger partial charge in [-0.3, -0.25) is 9.69 Å². The predicted octanol–water partition coefficient (Wildman–Crippen LogP) is 1.65. The molecule has 1 amide bonds. The summed E-state index contributed by atoms with van der Waals surface area (Å²) in [6.07, 6.45) is 0.904. The van der Waals surface area contributed by atoms with Crippen LogP contribution in [0.5, 0.6) is 0 Å². The molecule has 1 aliphatic heterocycles. The van der Waals surface area contributed by atoms with Gasteiger partial charge >= 0.3 is 5.63 Å². The molecule has 0 radical (unpaired) electrons. The third-order valence-electron chi connectivity index (χ3n) is 4.69. The van der Waals surface area contributed by atoms with E-state index in [0.717, 1.165) is 36.0 Å². The van der Waals surface area contributed by atoms with Crippen molar-refractivity contribution in [2.75, 3.05) is 39.9 Å². The molecule has 134 valence electrons. The summed E-state index contributed by atoms with van der Waals surface area (Å²) in [5.74, 6) is 0.0278. The Labute approximate surface area is 147 Å². The smallest absolute Gasteiger partial charge is 0.336 e. The summed E-state index contributed by atoms with van der Waals surface area (Å²) < 4.78 is 10.3. The van der Waals surface area contributed by atoms with Crippen molar-refractivity contribution >= 4 is 16.9 Å². The highest BCUT2D eigenvalue weighted by Gasteiger charge is 2.21. The number of benzene rings is 1. The van der Waals surface area contributed by atoms with Crippen LogP contribution in [0.15, 0.2) is 33.5 Å². The first-order chi connectivity index (χ1) is 12.1. The lowest BCUT2D eigenvalue weighted by molar-refractivity contribution is -0.136. The van der Waals surface area contributed by atoms with Crippen molar-refractivity contribution in [1.82, 2.24) is 9.80 Å². The van der Waals surface area contributed by atoms with Gasteiger partial charge in [-0.05, 0) is 23.6 Å². The van der Waals surface area contributed by atoms with Gasteiger partial charge in [0.05, 0.1) is 0 Å². The summed E-state index contributed by atoms with van der Waals surface area (Å²) in [6.45, 7) is 5.81. The van der Waals surface area contributed by atoms with Gasteiger partial charge < -0.3 is 14.1 Å². The first-order valence-electron chi connectivity index (χ1n) is 8.65. The predicted molar refractivity (Wildman–Crippen MR) is 95.6 cm³/mol. The number of ether oxygens (including phenoxy) is 1. The molecule has 0 saturated carbocycles. The second kappa shape index (κ2) is 7.80. The Balaban J connectivity index is 1.73. The molecule has 0 bridgehead atoms. The molecule has 0 aliphatic carbocycles. The first-order valence-corrected chi connectivity index (χ1v) is 8.65. The van der Waals surface area contributed by atoms with Crippen molar-refractivity contribution in [2.45, 2.75) is 19.9 Å². The van der Waals surface area contributed by atoms with Crippen LogP contribution >= 0.6 is 0 Å². The van der Waals surface area contributed by atoms with Crippen LogP contribution in [0.1, 0.15) is 18.1 Å². The number of hydrogen-bond acceptors (Lipinski definition) is 5. The van der Waals surface area contributed by atoms with Crippen LogP contribution in [-0.4, -0.2) is 55.6 Å². The number of nitrogens with zero attached hydrogens (tertiary/aromatic N) is 2.